The zero-order valence-corrected chi connectivity index (χ0v) is 15.6. The molecule has 0 saturated carbocycles. The van der Waals surface area contributed by atoms with Gasteiger partial charge in [-0.1, -0.05) is 38.5 Å². The Bertz CT molecular complexity index is 324. The molecule has 2 aliphatic heterocycles. The van der Waals surface area contributed by atoms with Crippen molar-refractivity contribution in [2.24, 2.45) is 0 Å². The van der Waals surface area contributed by atoms with Crippen LogP contribution in [-0.4, -0.2) is 48.7 Å². The number of hydrogen-bond acceptors (Lipinski definition) is 3. The van der Waals surface area contributed by atoms with Crippen molar-refractivity contribution in [2.75, 3.05) is 32.8 Å². The Morgan fingerprint density at radius 1 is 0.667 bits per heavy atom. The molecule has 0 spiro atoms. The van der Waals surface area contributed by atoms with Crippen LogP contribution in [-0.2, 0) is 9.63 Å². The van der Waals surface area contributed by atoms with Crippen molar-refractivity contribution < 1.29 is 9.63 Å². The molecule has 0 bridgehead atoms. The molecule has 4 nitrogen and oxygen atoms in total. The monoisotopic (exact) mass is 338 g/mol. The summed E-state index contributed by atoms with van der Waals surface area (Å²) in [5, 5.41) is 2.16. The van der Waals surface area contributed by atoms with Gasteiger partial charge in [-0.15, -0.1) is 0 Å². The van der Waals surface area contributed by atoms with Crippen LogP contribution in [0.25, 0.3) is 0 Å². The fourth-order valence-corrected chi connectivity index (χ4v) is 3.75. The Morgan fingerprint density at radius 2 is 1.21 bits per heavy atom. The number of amides is 1. The maximum Gasteiger partial charge on any atom is 0.222 e. The first-order chi connectivity index (χ1) is 11.9. The van der Waals surface area contributed by atoms with Gasteiger partial charge in [0, 0.05) is 32.6 Å². The topological polar surface area (TPSA) is 32.8 Å². The highest BCUT2D eigenvalue weighted by molar-refractivity contribution is 5.76. The van der Waals surface area contributed by atoms with E-state index in [-0.39, 0.29) is 0 Å². The Labute approximate surface area is 148 Å². The summed E-state index contributed by atoms with van der Waals surface area (Å²) in [6.45, 7) is 5.13. The molecule has 0 N–H and O–H groups in total. The Morgan fingerprint density at radius 3 is 1.88 bits per heavy atom. The van der Waals surface area contributed by atoms with Crippen molar-refractivity contribution in [1.29, 1.82) is 0 Å². The second kappa shape index (κ2) is 12.7. The van der Waals surface area contributed by atoms with E-state index in [1.807, 2.05) is 0 Å². The molecule has 1 amide bonds. The summed E-state index contributed by atoms with van der Waals surface area (Å²) < 4.78 is 0. The highest BCUT2D eigenvalue weighted by atomic mass is 16.7. The Balaban J connectivity index is 1.32. The largest absolute Gasteiger partial charge is 0.343 e. The molecular formula is C20H38N2O2. The van der Waals surface area contributed by atoms with E-state index in [0.717, 1.165) is 45.6 Å². The standard InChI is InChI=1S/C20H38N2O2/c23-20(21-15-9-6-10-16-21)14-8-4-2-1-3-5-13-19-24-22-17-11-7-12-18-22/h1-19H2. The lowest BCUT2D eigenvalue weighted by atomic mass is 10.1. The molecule has 2 fully saturated rings. The molecule has 0 radical (unpaired) electrons. The number of unbranched alkanes of at least 4 members (excludes halogenated alkanes) is 6. The van der Waals surface area contributed by atoms with E-state index < -0.39 is 0 Å². The van der Waals surface area contributed by atoms with Crippen LogP contribution >= 0.6 is 0 Å². The number of carbonyl (C=O) groups excluding carboxylic acids is 1. The van der Waals surface area contributed by atoms with Crippen molar-refractivity contribution in [2.45, 2.75) is 89.9 Å². The molecule has 0 unspecified atom stereocenters. The van der Waals surface area contributed by atoms with Crippen LogP contribution in [0.5, 0.6) is 0 Å². The van der Waals surface area contributed by atoms with Gasteiger partial charge in [-0.3, -0.25) is 9.63 Å². The van der Waals surface area contributed by atoms with Gasteiger partial charge in [0.25, 0.3) is 0 Å². The van der Waals surface area contributed by atoms with Gasteiger partial charge in [0.1, 0.15) is 0 Å². The number of hydrogen-bond donors (Lipinski definition) is 0. The predicted molar refractivity (Wildman–Crippen MR) is 98.7 cm³/mol. The molecule has 4 heteroatoms. The van der Waals surface area contributed by atoms with Crippen LogP contribution in [0.15, 0.2) is 0 Å². The van der Waals surface area contributed by atoms with E-state index in [1.54, 1.807) is 0 Å². The summed E-state index contributed by atoms with van der Waals surface area (Å²) in [6, 6.07) is 0. The number of carbonyl (C=O) groups is 1. The lowest BCUT2D eigenvalue weighted by molar-refractivity contribution is -0.169. The van der Waals surface area contributed by atoms with Gasteiger partial charge in [-0.2, -0.15) is 5.06 Å². The van der Waals surface area contributed by atoms with Crippen molar-refractivity contribution in [1.82, 2.24) is 9.96 Å². The molecule has 2 aliphatic rings. The van der Waals surface area contributed by atoms with Crippen molar-refractivity contribution in [3.63, 3.8) is 0 Å². The average Bonchev–Trinajstić information content (AvgIpc) is 2.64. The second-order valence-electron chi connectivity index (χ2n) is 7.49. The lowest BCUT2D eigenvalue weighted by Gasteiger charge is -2.26. The van der Waals surface area contributed by atoms with E-state index in [9.17, 15) is 4.79 Å². The minimum absolute atomic E-state index is 0.393. The maximum absolute atomic E-state index is 12.0. The van der Waals surface area contributed by atoms with Crippen molar-refractivity contribution >= 4 is 5.91 Å². The molecule has 0 atom stereocenters. The summed E-state index contributed by atoms with van der Waals surface area (Å²) >= 11 is 0. The third kappa shape index (κ3) is 8.48. The zero-order valence-electron chi connectivity index (χ0n) is 15.6. The van der Waals surface area contributed by atoms with Crippen LogP contribution in [0, 0.1) is 0 Å². The molecule has 2 rings (SSSR count). The van der Waals surface area contributed by atoms with Crippen LogP contribution in [0.3, 0.4) is 0 Å². The minimum Gasteiger partial charge on any atom is -0.343 e. The van der Waals surface area contributed by atoms with Crippen LogP contribution in [0.1, 0.15) is 89.9 Å². The third-order valence-corrected chi connectivity index (χ3v) is 5.33. The maximum atomic E-state index is 12.0. The fourth-order valence-electron chi connectivity index (χ4n) is 3.75. The van der Waals surface area contributed by atoms with Gasteiger partial charge in [0.2, 0.25) is 5.91 Å². The lowest BCUT2D eigenvalue weighted by Crippen LogP contribution is -2.35. The molecule has 0 aromatic rings. The molecule has 24 heavy (non-hydrogen) atoms. The summed E-state index contributed by atoms with van der Waals surface area (Å²) in [5.41, 5.74) is 0. The molecular weight excluding hydrogens is 300 g/mol. The van der Waals surface area contributed by atoms with Gasteiger partial charge < -0.3 is 4.90 Å². The number of hydroxylamine groups is 2. The van der Waals surface area contributed by atoms with Crippen LogP contribution in [0.2, 0.25) is 0 Å². The van der Waals surface area contributed by atoms with E-state index >= 15 is 0 Å². The van der Waals surface area contributed by atoms with Crippen LogP contribution in [0.4, 0.5) is 0 Å². The van der Waals surface area contributed by atoms with Crippen molar-refractivity contribution in [3.8, 4) is 0 Å². The first-order valence-corrected chi connectivity index (χ1v) is 10.5. The molecule has 140 valence electrons. The smallest absolute Gasteiger partial charge is 0.222 e. The van der Waals surface area contributed by atoms with Gasteiger partial charge in [0.15, 0.2) is 0 Å². The van der Waals surface area contributed by atoms with Gasteiger partial charge in [-0.25, -0.2) is 0 Å². The van der Waals surface area contributed by atoms with Gasteiger partial charge >= 0.3 is 0 Å². The SMILES string of the molecule is O=C(CCCCCCCCCON1CCCCC1)N1CCCCC1. The highest BCUT2D eigenvalue weighted by Gasteiger charge is 2.15. The molecule has 0 aromatic carbocycles. The summed E-state index contributed by atoms with van der Waals surface area (Å²) in [5.74, 6) is 0.393. The first-order valence-electron chi connectivity index (χ1n) is 10.5. The summed E-state index contributed by atoms with van der Waals surface area (Å²) in [6.07, 6.45) is 17.1. The number of piperidine rings is 2. The number of rotatable bonds is 11. The predicted octanol–water partition coefficient (Wildman–Crippen LogP) is 4.54. The number of likely N-dealkylation sites (tertiary alicyclic amines) is 1. The fraction of sp³-hybridized carbons (Fsp3) is 0.950. The molecule has 2 heterocycles. The third-order valence-electron chi connectivity index (χ3n) is 5.33. The first kappa shape index (κ1) is 19.7. The molecule has 0 aromatic heterocycles. The second-order valence-corrected chi connectivity index (χ2v) is 7.49. The number of nitrogens with zero attached hydrogens (tertiary/aromatic N) is 2. The van der Waals surface area contributed by atoms with Gasteiger partial charge in [0.05, 0.1) is 6.61 Å². The zero-order chi connectivity index (χ0) is 16.9. The molecule has 0 aliphatic carbocycles. The van der Waals surface area contributed by atoms with E-state index in [2.05, 4.69) is 9.96 Å². The summed E-state index contributed by atoms with van der Waals surface area (Å²) in [4.78, 5) is 19.9. The van der Waals surface area contributed by atoms with Crippen LogP contribution < -0.4 is 0 Å². The van der Waals surface area contributed by atoms with E-state index in [0.29, 0.717) is 5.91 Å². The Hall–Kier alpha value is -0.610. The van der Waals surface area contributed by atoms with E-state index in [1.165, 1.54) is 77.0 Å². The molecule has 2 saturated heterocycles. The normalized spacial score (nSPS) is 19.6. The van der Waals surface area contributed by atoms with E-state index in [4.69, 9.17) is 4.84 Å². The Kier molecular flexibility index (Phi) is 10.4. The van der Waals surface area contributed by atoms with Crippen molar-refractivity contribution in [3.05, 3.63) is 0 Å². The minimum atomic E-state index is 0.393. The summed E-state index contributed by atoms with van der Waals surface area (Å²) in [7, 11) is 0. The van der Waals surface area contributed by atoms with Gasteiger partial charge in [-0.05, 0) is 44.9 Å². The average molecular weight is 339 g/mol. The quantitative estimate of drug-likeness (QED) is 0.519. The highest BCUT2D eigenvalue weighted by Crippen LogP contribution is 2.14.